The first-order chi connectivity index (χ1) is 9.72. The van der Waals surface area contributed by atoms with Crippen molar-refractivity contribution in [3.05, 3.63) is 11.9 Å². The highest BCUT2D eigenvalue weighted by Crippen LogP contribution is 2.12. The summed E-state index contributed by atoms with van der Waals surface area (Å²) in [5, 5.41) is 6.29. The lowest BCUT2D eigenvalue weighted by Crippen LogP contribution is -2.33. The van der Waals surface area contributed by atoms with Crippen molar-refractivity contribution in [2.45, 2.75) is 33.1 Å². The van der Waals surface area contributed by atoms with Gasteiger partial charge in [0.1, 0.15) is 17.5 Å². The molecule has 6 nitrogen and oxygen atoms in total. The van der Waals surface area contributed by atoms with Crippen LogP contribution in [0.25, 0.3) is 0 Å². The summed E-state index contributed by atoms with van der Waals surface area (Å²) in [4.78, 5) is 22.7. The van der Waals surface area contributed by atoms with Crippen LogP contribution in [0.5, 0.6) is 0 Å². The standard InChI is InChI=1S/C14H23N5O/c1-3-11-17-12(15-4-2)9-13(18-11)16-10-14(20)19-7-5-6-8-19/h9H,3-8,10H2,1-2H3,(H2,15,16,17,18). The molecule has 0 aliphatic carbocycles. The normalized spacial score (nSPS) is 14.4. The first-order valence-corrected chi connectivity index (χ1v) is 7.36. The molecule has 2 rings (SSSR count). The smallest absolute Gasteiger partial charge is 0.241 e. The zero-order valence-electron chi connectivity index (χ0n) is 12.3. The Morgan fingerprint density at radius 3 is 2.45 bits per heavy atom. The van der Waals surface area contributed by atoms with Crippen molar-refractivity contribution < 1.29 is 4.79 Å². The highest BCUT2D eigenvalue weighted by Gasteiger charge is 2.17. The van der Waals surface area contributed by atoms with Crippen molar-refractivity contribution in [1.29, 1.82) is 0 Å². The van der Waals surface area contributed by atoms with Gasteiger partial charge in [0, 0.05) is 32.1 Å². The summed E-state index contributed by atoms with van der Waals surface area (Å²) in [7, 11) is 0. The van der Waals surface area contributed by atoms with Crippen LogP contribution >= 0.6 is 0 Å². The number of amides is 1. The molecular formula is C14H23N5O. The molecule has 1 fully saturated rings. The predicted octanol–water partition coefficient (Wildman–Crippen LogP) is 1.51. The summed E-state index contributed by atoms with van der Waals surface area (Å²) < 4.78 is 0. The molecule has 0 saturated carbocycles. The van der Waals surface area contributed by atoms with Gasteiger partial charge in [-0.15, -0.1) is 0 Å². The number of anilines is 2. The van der Waals surface area contributed by atoms with E-state index in [-0.39, 0.29) is 5.91 Å². The fourth-order valence-electron chi connectivity index (χ4n) is 2.26. The Morgan fingerprint density at radius 2 is 1.85 bits per heavy atom. The van der Waals surface area contributed by atoms with Crippen molar-refractivity contribution in [2.75, 3.05) is 36.8 Å². The molecule has 1 saturated heterocycles. The molecule has 20 heavy (non-hydrogen) atoms. The number of carbonyl (C=O) groups excluding carboxylic acids is 1. The van der Waals surface area contributed by atoms with Crippen LogP contribution in [0.15, 0.2) is 6.07 Å². The highest BCUT2D eigenvalue weighted by atomic mass is 16.2. The van der Waals surface area contributed by atoms with Crippen LogP contribution in [0.3, 0.4) is 0 Å². The Hall–Kier alpha value is -1.85. The molecule has 0 unspecified atom stereocenters. The van der Waals surface area contributed by atoms with Gasteiger partial charge < -0.3 is 15.5 Å². The Labute approximate surface area is 120 Å². The van der Waals surface area contributed by atoms with Gasteiger partial charge in [-0.05, 0) is 19.8 Å². The Balaban J connectivity index is 1.97. The summed E-state index contributed by atoms with van der Waals surface area (Å²) in [5.41, 5.74) is 0. The Morgan fingerprint density at radius 1 is 1.20 bits per heavy atom. The molecule has 1 aliphatic heterocycles. The molecule has 0 spiro atoms. The summed E-state index contributed by atoms with van der Waals surface area (Å²) in [6.45, 7) is 6.92. The van der Waals surface area contributed by atoms with E-state index in [4.69, 9.17) is 0 Å². The van der Waals surface area contributed by atoms with Crippen LogP contribution in [0.2, 0.25) is 0 Å². The van der Waals surface area contributed by atoms with Gasteiger partial charge in [0.2, 0.25) is 5.91 Å². The van der Waals surface area contributed by atoms with E-state index in [2.05, 4.69) is 20.6 Å². The van der Waals surface area contributed by atoms with Gasteiger partial charge in [0.15, 0.2) is 0 Å². The number of hydrogen-bond acceptors (Lipinski definition) is 5. The van der Waals surface area contributed by atoms with Crippen molar-refractivity contribution in [1.82, 2.24) is 14.9 Å². The van der Waals surface area contributed by atoms with Gasteiger partial charge in [-0.3, -0.25) is 4.79 Å². The van der Waals surface area contributed by atoms with Gasteiger partial charge in [0.05, 0.1) is 6.54 Å². The van der Waals surface area contributed by atoms with E-state index in [1.807, 2.05) is 24.8 Å². The minimum atomic E-state index is 0.143. The van der Waals surface area contributed by atoms with Crippen LogP contribution in [0.4, 0.5) is 11.6 Å². The third-order valence-corrected chi connectivity index (χ3v) is 3.33. The fourth-order valence-corrected chi connectivity index (χ4v) is 2.26. The number of hydrogen-bond donors (Lipinski definition) is 2. The fraction of sp³-hybridized carbons (Fsp3) is 0.643. The topological polar surface area (TPSA) is 70.2 Å². The monoisotopic (exact) mass is 277 g/mol. The Kier molecular flexibility index (Phi) is 5.15. The summed E-state index contributed by atoms with van der Waals surface area (Å²) in [6.07, 6.45) is 3.00. The summed E-state index contributed by atoms with van der Waals surface area (Å²) in [5.74, 6) is 2.43. The molecule has 6 heteroatoms. The van der Waals surface area contributed by atoms with E-state index >= 15 is 0 Å². The van der Waals surface area contributed by atoms with Crippen LogP contribution in [-0.2, 0) is 11.2 Å². The number of aryl methyl sites for hydroxylation is 1. The second-order valence-corrected chi connectivity index (χ2v) is 4.88. The Bertz CT molecular complexity index is 457. The molecule has 110 valence electrons. The lowest BCUT2D eigenvalue weighted by Gasteiger charge is -2.16. The molecule has 1 amide bonds. The maximum atomic E-state index is 12.0. The minimum Gasteiger partial charge on any atom is -0.370 e. The van der Waals surface area contributed by atoms with Crippen LogP contribution in [0.1, 0.15) is 32.5 Å². The zero-order valence-corrected chi connectivity index (χ0v) is 12.3. The van der Waals surface area contributed by atoms with E-state index in [9.17, 15) is 4.79 Å². The first-order valence-electron chi connectivity index (χ1n) is 7.36. The average molecular weight is 277 g/mol. The maximum absolute atomic E-state index is 12.0. The van der Waals surface area contributed by atoms with Crippen molar-refractivity contribution in [3.8, 4) is 0 Å². The second-order valence-electron chi connectivity index (χ2n) is 4.88. The molecule has 2 heterocycles. The first kappa shape index (κ1) is 14.6. The summed E-state index contributed by atoms with van der Waals surface area (Å²) in [6, 6.07) is 1.85. The maximum Gasteiger partial charge on any atom is 0.241 e. The van der Waals surface area contributed by atoms with Crippen LogP contribution in [0, 0.1) is 0 Å². The van der Waals surface area contributed by atoms with E-state index in [1.54, 1.807) is 0 Å². The largest absolute Gasteiger partial charge is 0.370 e. The minimum absolute atomic E-state index is 0.143. The molecule has 0 radical (unpaired) electrons. The number of rotatable bonds is 6. The molecule has 0 aromatic carbocycles. The number of likely N-dealkylation sites (tertiary alicyclic amines) is 1. The third-order valence-electron chi connectivity index (χ3n) is 3.33. The van der Waals surface area contributed by atoms with Crippen molar-refractivity contribution in [2.24, 2.45) is 0 Å². The average Bonchev–Trinajstić information content (AvgIpc) is 2.99. The second kappa shape index (κ2) is 7.07. The van der Waals surface area contributed by atoms with Crippen LogP contribution in [-0.4, -0.2) is 47.0 Å². The lowest BCUT2D eigenvalue weighted by molar-refractivity contribution is -0.128. The van der Waals surface area contributed by atoms with Gasteiger partial charge in [-0.1, -0.05) is 6.92 Å². The van der Waals surface area contributed by atoms with Crippen molar-refractivity contribution >= 4 is 17.5 Å². The quantitative estimate of drug-likeness (QED) is 0.824. The molecule has 2 N–H and O–H groups in total. The van der Waals surface area contributed by atoms with E-state index in [1.165, 1.54) is 0 Å². The number of aromatic nitrogens is 2. The number of carbonyl (C=O) groups is 1. The summed E-state index contributed by atoms with van der Waals surface area (Å²) >= 11 is 0. The third kappa shape index (κ3) is 3.82. The van der Waals surface area contributed by atoms with Gasteiger partial charge >= 0.3 is 0 Å². The van der Waals surface area contributed by atoms with Gasteiger partial charge in [0.25, 0.3) is 0 Å². The molecule has 1 aromatic rings. The van der Waals surface area contributed by atoms with Crippen molar-refractivity contribution in [3.63, 3.8) is 0 Å². The molecular weight excluding hydrogens is 254 g/mol. The van der Waals surface area contributed by atoms with E-state index in [0.29, 0.717) is 12.4 Å². The van der Waals surface area contributed by atoms with Crippen LogP contribution < -0.4 is 10.6 Å². The highest BCUT2D eigenvalue weighted by molar-refractivity contribution is 5.80. The van der Waals surface area contributed by atoms with Gasteiger partial charge in [-0.2, -0.15) is 0 Å². The van der Waals surface area contributed by atoms with E-state index in [0.717, 1.165) is 50.5 Å². The molecule has 1 aromatic heterocycles. The number of nitrogens with one attached hydrogen (secondary N) is 2. The molecule has 0 bridgehead atoms. The lowest BCUT2D eigenvalue weighted by atomic mass is 10.4. The SMILES string of the molecule is CCNc1cc(NCC(=O)N2CCCC2)nc(CC)n1. The predicted molar refractivity (Wildman–Crippen MR) is 79.9 cm³/mol. The zero-order chi connectivity index (χ0) is 14.4. The molecule has 0 atom stereocenters. The van der Waals surface area contributed by atoms with Gasteiger partial charge in [-0.25, -0.2) is 9.97 Å². The van der Waals surface area contributed by atoms with E-state index < -0.39 is 0 Å². The molecule has 1 aliphatic rings. The number of nitrogens with zero attached hydrogens (tertiary/aromatic N) is 3.